The van der Waals surface area contributed by atoms with Crippen LogP contribution in [0.25, 0.3) is 22.4 Å². The van der Waals surface area contributed by atoms with Crippen molar-refractivity contribution in [3.05, 3.63) is 186 Å². The van der Waals surface area contributed by atoms with Gasteiger partial charge < -0.3 is 10.6 Å². The monoisotopic (exact) mass is 583 g/mol. The van der Waals surface area contributed by atoms with Crippen LogP contribution in [0.1, 0.15) is 33.4 Å². The number of nitrogens with zero attached hydrogens (tertiary/aromatic N) is 3. The van der Waals surface area contributed by atoms with Gasteiger partial charge in [-0.3, -0.25) is 5.41 Å². The SMILES string of the molecule is C=C1c2ccccc2/C=C\N(c2ccc(C)cn2)c2ccccc21.N=C(N=C(N)c1ccccc1)c1ccc2ccccc2c1. The van der Waals surface area contributed by atoms with E-state index in [1.165, 1.54) is 0 Å². The Morgan fingerprint density at radius 3 is 2.20 bits per heavy atom. The Labute approximate surface area is 263 Å². The fourth-order valence-electron chi connectivity index (χ4n) is 5.23. The Kier molecular flexibility index (Phi) is 8.42. The maximum Gasteiger partial charge on any atom is 0.154 e. The molecular weight excluding hydrogens is 550 g/mol. The van der Waals surface area contributed by atoms with Crippen LogP contribution in [-0.2, 0) is 0 Å². The fraction of sp³-hybridized carbons (Fsp3) is 0.0250. The van der Waals surface area contributed by atoms with Crippen LogP contribution in [0.5, 0.6) is 0 Å². The van der Waals surface area contributed by atoms with Gasteiger partial charge in [0, 0.05) is 29.1 Å². The van der Waals surface area contributed by atoms with Gasteiger partial charge in [0.15, 0.2) is 5.84 Å². The summed E-state index contributed by atoms with van der Waals surface area (Å²) < 4.78 is 0. The average Bonchev–Trinajstić information content (AvgIpc) is 3.09. The summed E-state index contributed by atoms with van der Waals surface area (Å²) in [5.74, 6) is 1.42. The summed E-state index contributed by atoms with van der Waals surface area (Å²) >= 11 is 0. The molecule has 0 aliphatic carbocycles. The highest BCUT2D eigenvalue weighted by atomic mass is 15.2. The van der Waals surface area contributed by atoms with E-state index in [0.29, 0.717) is 5.84 Å². The number of fused-ring (bicyclic) bond motifs is 3. The molecule has 6 aromatic rings. The number of amidine groups is 2. The molecule has 2 heterocycles. The first kappa shape index (κ1) is 29.0. The van der Waals surface area contributed by atoms with E-state index < -0.39 is 0 Å². The van der Waals surface area contributed by atoms with E-state index in [4.69, 9.17) is 11.1 Å². The third-order valence-corrected chi connectivity index (χ3v) is 7.65. The van der Waals surface area contributed by atoms with Crippen LogP contribution < -0.4 is 10.6 Å². The van der Waals surface area contributed by atoms with Gasteiger partial charge in [0.2, 0.25) is 0 Å². The van der Waals surface area contributed by atoms with E-state index in [1.807, 2.05) is 92.0 Å². The molecule has 5 heteroatoms. The van der Waals surface area contributed by atoms with E-state index in [1.54, 1.807) is 0 Å². The highest BCUT2D eigenvalue weighted by Gasteiger charge is 2.18. The zero-order chi connectivity index (χ0) is 31.2. The quantitative estimate of drug-likeness (QED) is 0.161. The molecule has 0 radical (unpaired) electrons. The van der Waals surface area contributed by atoms with Gasteiger partial charge in [-0.1, -0.05) is 122 Å². The first-order valence-corrected chi connectivity index (χ1v) is 14.7. The summed E-state index contributed by atoms with van der Waals surface area (Å²) in [6, 6.07) is 44.2. The molecule has 1 aromatic heterocycles. The molecule has 0 saturated heterocycles. The predicted octanol–water partition coefficient (Wildman–Crippen LogP) is 9.14. The number of hydrogen-bond donors (Lipinski definition) is 2. The largest absolute Gasteiger partial charge is 0.383 e. The zero-order valence-corrected chi connectivity index (χ0v) is 25.1. The van der Waals surface area contributed by atoms with Crippen LogP contribution in [0.3, 0.4) is 0 Å². The number of nitrogens with two attached hydrogens (primary N) is 1. The van der Waals surface area contributed by atoms with Gasteiger partial charge in [-0.2, -0.15) is 0 Å². The second kappa shape index (κ2) is 13.1. The van der Waals surface area contributed by atoms with E-state index in [2.05, 4.69) is 88.3 Å². The van der Waals surface area contributed by atoms with E-state index in [-0.39, 0.29) is 5.84 Å². The third kappa shape index (κ3) is 6.48. The zero-order valence-electron chi connectivity index (χ0n) is 25.1. The number of hydrogen-bond acceptors (Lipinski definition) is 3. The second-order valence-corrected chi connectivity index (χ2v) is 10.7. The first-order chi connectivity index (χ1) is 22.0. The normalized spacial score (nSPS) is 13.0. The maximum absolute atomic E-state index is 8.12. The minimum atomic E-state index is 0.169. The molecule has 0 atom stereocenters. The lowest BCUT2D eigenvalue weighted by Crippen LogP contribution is -2.15. The van der Waals surface area contributed by atoms with Gasteiger partial charge in [0.1, 0.15) is 11.7 Å². The van der Waals surface area contributed by atoms with Crippen LogP contribution in [0.15, 0.2) is 157 Å². The lowest BCUT2D eigenvalue weighted by molar-refractivity contribution is 1.16. The van der Waals surface area contributed by atoms with Crippen molar-refractivity contribution >= 4 is 45.6 Å². The molecule has 0 saturated carbocycles. The van der Waals surface area contributed by atoms with E-state index in [9.17, 15) is 0 Å². The third-order valence-electron chi connectivity index (χ3n) is 7.65. The molecule has 1 aliphatic rings. The molecule has 1 aliphatic heterocycles. The van der Waals surface area contributed by atoms with Crippen LogP contribution in [-0.4, -0.2) is 16.7 Å². The molecule has 0 amide bonds. The summed E-state index contributed by atoms with van der Waals surface area (Å²) in [5.41, 5.74) is 14.3. The maximum atomic E-state index is 8.12. The molecule has 3 N–H and O–H groups in total. The van der Waals surface area contributed by atoms with Gasteiger partial charge in [0.25, 0.3) is 0 Å². The number of anilines is 2. The van der Waals surface area contributed by atoms with Crippen molar-refractivity contribution in [2.45, 2.75) is 6.92 Å². The predicted molar refractivity (Wildman–Crippen MR) is 189 cm³/mol. The molecule has 0 spiro atoms. The number of nitrogens with one attached hydrogen (secondary N) is 1. The number of para-hydroxylation sites is 1. The summed E-state index contributed by atoms with van der Waals surface area (Å²) in [6.07, 6.45) is 6.10. The summed E-state index contributed by atoms with van der Waals surface area (Å²) in [7, 11) is 0. The number of aryl methyl sites for hydroxylation is 1. The van der Waals surface area contributed by atoms with Crippen LogP contribution in [0.4, 0.5) is 11.5 Å². The molecule has 0 unspecified atom stereocenters. The van der Waals surface area contributed by atoms with E-state index in [0.717, 1.165) is 61.2 Å². The number of aliphatic imine (C=N–C) groups is 1. The number of rotatable bonds is 3. The first-order valence-electron chi connectivity index (χ1n) is 14.7. The molecule has 218 valence electrons. The smallest absolute Gasteiger partial charge is 0.154 e. The van der Waals surface area contributed by atoms with Crippen molar-refractivity contribution < 1.29 is 0 Å². The van der Waals surface area contributed by atoms with Crippen molar-refractivity contribution in [3.63, 3.8) is 0 Å². The lowest BCUT2D eigenvalue weighted by atomic mass is 9.92. The molecule has 5 aromatic carbocycles. The van der Waals surface area contributed by atoms with E-state index >= 15 is 0 Å². The van der Waals surface area contributed by atoms with Crippen LogP contribution in [0.2, 0.25) is 0 Å². The van der Waals surface area contributed by atoms with Gasteiger partial charge in [0.05, 0.1) is 5.69 Å². The Bertz CT molecular complexity index is 2060. The topological polar surface area (TPSA) is 78.4 Å². The van der Waals surface area contributed by atoms with Crippen molar-refractivity contribution in [1.82, 2.24) is 4.98 Å². The highest BCUT2D eigenvalue weighted by Crippen LogP contribution is 2.37. The Balaban J connectivity index is 0.000000160. The number of pyridine rings is 1. The Morgan fingerprint density at radius 1 is 0.733 bits per heavy atom. The van der Waals surface area contributed by atoms with Crippen molar-refractivity contribution in [2.24, 2.45) is 10.7 Å². The van der Waals surface area contributed by atoms with Crippen LogP contribution >= 0.6 is 0 Å². The lowest BCUT2D eigenvalue weighted by Gasteiger charge is -2.26. The molecule has 5 nitrogen and oxygen atoms in total. The van der Waals surface area contributed by atoms with Crippen molar-refractivity contribution in [1.29, 1.82) is 5.41 Å². The number of benzene rings is 5. The highest BCUT2D eigenvalue weighted by molar-refractivity contribution is 6.10. The molecular formula is C40H33N5. The molecule has 45 heavy (non-hydrogen) atoms. The standard InChI is InChI=1S/C22H18N2.C18H15N3/c1-16-11-12-22(23-15-16)24-14-13-18-7-3-4-8-19(18)17(2)20-9-5-6-10-21(20)24;19-17(14-7-2-1-3-8-14)21-18(20)16-11-10-13-6-4-5-9-15(13)12-16/h3-15H,2H2,1H3;1-12H,(H3,19,20,21)/b14-13-;. The average molecular weight is 584 g/mol. The molecule has 0 bridgehead atoms. The van der Waals surface area contributed by atoms with Gasteiger partial charge in [-0.15, -0.1) is 0 Å². The minimum absolute atomic E-state index is 0.169. The van der Waals surface area contributed by atoms with Crippen molar-refractivity contribution in [2.75, 3.05) is 4.90 Å². The summed E-state index contributed by atoms with van der Waals surface area (Å²) in [6.45, 7) is 6.41. The second-order valence-electron chi connectivity index (χ2n) is 10.7. The van der Waals surface area contributed by atoms with Gasteiger partial charge in [-0.05, 0) is 64.2 Å². The minimum Gasteiger partial charge on any atom is -0.383 e. The fourth-order valence-corrected chi connectivity index (χ4v) is 5.23. The Morgan fingerprint density at radius 2 is 1.42 bits per heavy atom. The molecule has 7 rings (SSSR count). The van der Waals surface area contributed by atoms with Crippen molar-refractivity contribution in [3.8, 4) is 0 Å². The summed E-state index contributed by atoms with van der Waals surface area (Å²) in [4.78, 5) is 10.9. The van der Waals surface area contributed by atoms with Crippen LogP contribution in [0, 0.1) is 12.3 Å². The van der Waals surface area contributed by atoms with Gasteiger partial charge >= 0.3 is 0 Å². The summed E-state index contributed by atoms with van der Waals surface area (Å²) in [5, 5.41) is 10.4. The number of aromatic nitrogens is 1. The molecule has 0 fully saturated rings. The van der Waals surface area contributed by atoms with Gasteiger partial charge in [-0.25, -0.2) is 9.98 Å². The Hall–Kier alpha value is -6.07.